The summed E-state index contributed by atoms with van der Waals surface area (Å²) in [4.78, 5) is 22.4. The Morgan fingerprint density at radius 3 is 2.38 bits per heavy atom. The number of nitrogens with two attached hydrogens (primary N) is 1. The molecule has 16 heavy (non-hydrogen) atoms. The van der Waals surface area contributed by atoms with Gasteiger partial charge in [0.2, 0.25) is 11.8 Å². The smallest absolute Gasteiger partial charge is 0.221 e. The van der Waals surface area contributed by atoms with Crippen molar-refractivity contribution < 1.29 is 9.59 Å². The van der Waals surface area contributed by atoms with Gasteiger partial charge in [0.15, 0.2) is 0 Å². The lowest BCUT2D eigenvalue weighted by molar-refractivity contribution is -0.122. The minimum Gasteiger partial charge on any atom is -0.356 e. The Morgan fingerprint density at radius 2 is 1.81 bits per heavy atom. The van der Waals surface area contributed by atoms with E-state index in [0.29, 0.717) is 38.4 Å². The average molecular weight is 229 g/mol. The zero-order chi connectivity index (χ0) is 12.4. The molecule has 4 N–H and O–H groups in total. The number of carbonyl (C=O) groups is 2. The predicted octanol–water partition coefficient (Wildman–Crippen LogP) is 0.00380. The molecular weight excluding hydrogens is 206 g/mol. The second-order valence-corrected chi connectivity index (χ2v) is 3.93. The second-order valence-electron chi connectivity index (χ2n) is 3.93. The number of rotatable bonds is 8. The SMILES string of the molecule is CCNC(=O)CCNC(=O)CCC(C)CN. The van der Waals surface area contributed by atoms with Crippen LogP contribution >= 0.6 is 0 Å². The van der Waals surface area contributed by atoms with E-state index in [0.717, 1.165) is 6.42 Å². The molecule has 94 valence electrons. The first-order valence-electron chi connectivity index (χ1n) is 5.83. The van der Waals surface area contributed by atoms with Gasteiger partial charge in [0.1, 0.15) is 0 Å². The maximum Gasteiger partial charge on any atom is 0.221 e. The molecule has 0 radical (unpaired) electrons. The number of hydrogen-bond donors (Lipinski definition) is 3. The second kappa shape index (κ2) is 9.15. The van der Waals surface area contributed by atoms with Crippen LogP contribution in [0.25, 0.3) is 0 Å². The number of carbonyl (C=O) groups excluding carboxylic acids is 2. The Bertz CT molecular complexity index is 219. The van der Waals surface area contributed by atoms with Gasteiger partial charge in [-0.1, -0.05) is 6.92 Å². The van der Waals surface area contributed by atoms with Gasteiger partial charge in [-0.05, 0) is 25.8 Å². The minimum atomic E-state index is -0.0295. The van der Waals surface area contributed by atoms with Crippen molar-refractivity contribution in [2.24, 2.45) is 11.7 Å². The largest absolute Gasteiger partial charge is 0.356 e. The molecule has 0 aromatic rings. The summed E-state index contributed by atoms with van der Waals surface area (Å²) in [5.74, 6) is 0.330. The molecule has 2 amide bonds. The quantitative estimate of drug-likeness (QED) is 0.548. The standard InChI is InChI=1S/C11H23N3O2/c1-3-13-11(16)6-7-14-10(15)5-4-9(2)8-12/h9H,3-8,12H2,1-2H3,(H,13,16)(H,14,15). The Balaban J connectivity index is 3.47. The third-order valence-corrected chi connectivity index (χ3v) is 2.31. The fourth-order valence-electron chi connectivity index (χ4n) is 1.18. The van der Waals surface area contributed by atoms with Gasteiger partial charge in [0.25, 0.3) is 0 Å². The summed E-state index contributed by atoms with van der Waals surface area (Å²) in [5.41, 5.74) is 5.45. The van der Waals surface area contributed by atoms with Crippen LogP contribution in [0.15, 0.2) is 0 Å². The summed E-state index contributed by atoms with van der Waals surface area (Å²) >= 11 is 0. The van der Waals surface area contributed by atoms with Crippen molar-refractivity contribution in [1.82, 2.24) is 10.6 Å². The summed E-state index contributed by atoms with van der Waals surface area (Å²) in [7, 11) is 0. The van der Waals surface area contributed by atoms with Gasteiger partial charge in [0, 0.05) is 25.9 Å². The van der Waals surface area contributed by atoms with Crippen LogP contribution in [0.3, 0.4) is 0 Å². The number of nitrogens with one attached hydrogen (secondary N) is 2. The topological polar surface area (TPSA) is 84.2 Å². The van der Waals surface area contributed by atoms with E-state index >= 15 is 0 Å². The molecule has 0 fully saturated rings. The monoisotopic (exact) mass is 229 g/mol. The van der Waals surface area contributed by atoms with E-state index in [1.807, 2.05) is 13.8 Å². The third kappa shape index (κ3) is 8.23. The highest BCUT2D eigenvalue weighted by atomic mass is 16.2. The summed E-state index contributed by atoms with van der Waals surface area (Å²) in [5, 5.41) is 5.38. The van der Waals surface area contributed by atoms with Crippen LogP contribution < -0.4 is 16.4 Å². The molecule has 1 unspecified atom stereocenters. The molecule has 0 aliphatic carbocycles. The van der Waals surface area contributed by atoms with Crippen LogP contribution in [0.4, 0.5) is 0 Å². The lowest BCUT2D eigenvalue weighted by Crippen LogP contribution is -2.30. The van der Waals surface area contributed by atoms with Crippen molar-refractivity contribution in [3.63, 3.8) is 0 Å². The van der Waals surface area contributed by atoms with Crippen molar-refractivity contribution in [1.29, 1.82) is 0 Å². The Hall–Kier alpha value is -1.10. The zero-order valence-electron chi connectivity index (χ0n) is 10.2. The Labute approximate surface area is 97.2 Å². The maximum atomic E-state index is 11.3. The van der Waals surface area contributed by atoms with Gasteiger partial charge in [0.05, 0.1) is 0 Å². The van der Waals surface area contributed by atoms with E-state index in [9.17, 15) is 9.59 Å². The van der Waals surface area contributed by atoms with Gasteiger partial charge < -0.3 is 16.4 Å². The van der Waals surface area contributed by atoms with Crippen molar-refractivity contribution in [2.45, 2.75) is 33.1 Å². The zero-order valence-corrected chi connectivity index (χ0v) is 10.2. The van der Waals surface area contributed by atoms with E-state index in [2.05, 4.69) is 10.6 Å². The summed E-state index contributed by atoms with van der Waals surface area (Å²) in [6, 6.07) is 0. The minimum absolute atomic E-state index is 0.00963. The molecule has 5 nitrogen and oxygen atoms in total. The van der Waals surface area contributed by atoms with Gasteiger partial charge in [-0.3, -0.25) is 9.59 Å². The van der Waals surface area contributed by atoms with Crippen molar-refractivity contribution >= 4 is 11.8 Å². The molecule has 0 rings (SSSR count). The fraction of sp³-hybridized carbons (Fsp3) is 0.818. The van der Waals surface area contributed by atoms with Crippen LogP contribution in [0.1, 0.15) is 33.1 Å². The highest BCUT2D eigenvalue weighted by molar-refractivity contribution is 5.78. The van der Waals surface area contributed by atoms with Crippen LogP contribution in [0.5, 0.6) is 0 Å². The van der Waals surface area contributed by atoms with Crippen molar-refractivity contribution in [3.8, 4) is 0 Å². The molecule has 0 spiro atoms. The fourth-order valence-corrected chi connectivity index (χ4v) is 1.18. The van der Waals surface area contributed by atoms with Crippen LogP contribution in [0, 0.1) is 5.92 Å². The van der Waals surface area contributed by atoms with Crippen molar-refractivity contribution in [2.75, 3.05) is 19.6 Å². The number of amides is 2. The average Bonchev–Trinajstić information content (AvgIpc) is 2.26. The molecule has 5 heteroatoms. The highest BCUT2D eigenvalue weighted by Gasteiger charge is 2.05. The lowest BCUT2D eigenvalue weighted by Gasteiger charge is -2.08. The first kappa shape index (κ1) is 14.9. The summed E-state index contributed by atoms with van der Waals surface area (Å²) in [6.07, 6.45) is 1.61. The van der Waals surface area contributed by atoms with E-state index < -0.39 is 0 Å². The molecule has 0 bridgehead atoms. The molecule has 0 aliphatic heterocycles. The van der Waals surface area contributed by atoms with E-state index in [4.69, 9.17) is 5.73 Å². The molecule has 0 aliphatic rings. The van der Waals surface area contributed by atoms with Crippen molar-refractivity contribution in [3.05, 3.63) is 0 Å². The summed E-state index contributed by atoms with van der Waals surface area (Å²) in [6.45, 7) is 5.52. The molecule has 0 saturated heterocycles. The first-order valence-corrected chi connectivity index (χ1v) is 5.83. The van der Waals surface area contributed by atoms with Gasteiger partial charge in [-0.25, -0.2) is 0 Å². The van der Waals surface area contributed by atoms with Crippen LogP contribution in [-0.4, -0.2) is 31.4 Å². The molecular formula is C11H23N3O2. The van der Waals surface area contributed by atoms with E-state index in [-0.39, 0.29) is 11.8 Å². The molecule has 0 aromatic heterocycles. The Morgan fingerprint density at radius 1 is 1.19 bits per heavy atom. The van der Waals surface area contributed by atoms with E-state index in [1.165, 1.54) is 0 Å². The number of hydrogen-bond acceptors (Lipinski definition) is 3. The lowest BCUT2D eigenvalue weighted by atomic mass is 10.1. The third-order valence-electron chi connectivity index (χ3n) is 2.31. The van der Waals surface area contributed by atoms with Crippen LogP contribution in [-0.2, 0) is 9.59 Å². The summed E-state index contributed by atoms with van der Waals surface area (Å²) < 4.78 is 0. The molecule has 0 aromatic carbocycles. The van der Waals surface area contributed by atoms with Gasteiger partial charge >= 0.3 is 0 Å². The first-order chi connectivity index (χ1) is 7.60. The maximum absolute atomic E-state index is 11.3. The van der Waals surface area contributed by atoms with Crippen LogP contribution in [0.2, 0.25) is 0 Å². The normalized spacial score (nSPS) is 11.9. The van der Waals surface area contributed by atoms with Gasteiger partial charge in [-0.2, -0.15) is 0 Å². The predicted molar refractivity (Wildman–Crippen MR) is 63.8 cm³/mol. The molecule has 0 saturated carbocycles. The molecule has 0 heterocycles. The molecule has 1 atom stereocenters. The highest BCUT2D eigenvalue weighted by Crippen LogP contribution is 2.02. The van der Waals surface area contributed by atoms with Gasteiger partial charge in [-0.15, -0.1) is 0 Å². The van der Waals surface area contributed by atoms with E-state index in [1.54, 1.807) is 0 Å². The Kier molecular flexibility index (Phi) is 8.52.